The smallest absolute Gasteiger partial charge is 0.131 e. The van der Waals surface area contributed by atoms with Gasteiger partial charge in [-0.2, -0.15) is 0 Å². The zero-order chi connectivity index (χ0) is 21.5. The molecule has 1 saturated heterocycles. The lowest BCUT2D eigenvalue weighted by Gasteiger charge is -2.35. The van der Waals surface area contributed by atoms with Crippen LogP contribution in [0.15, 0.2) is 60.0 Å². The van der Waals surface area contributed by atoms with Crippen molar-refractivity contribution in [1.82, 2.24) is 20.1 Å². The molecular weight excluding hydrogens is 404 g/mol. The zero-order valence-electron chi connectivity index (χ0n) is 18.5. The van der Waals surface area contributed by atoms with Crippen LogP contribution < -0.4 is 10.1 Å². The van der Waals surface area contributed by atoms with E-state index in [0.717, 1.165) is 55.7 Å². The van der Waals surface area contributed by atoms with E-state index in [1.807, 2.05) is 19.1 Å². The molecule has 6 heteroatoms. The van der Waals surface area contributed by atoms with E-state index < -0.39 is 0 Å². The molecule has 1 fully saturated rings. The summed E-state index contributed by atoms with van der Waals surface area (Å²) in [5.41, 5.74) is 3.60. The highest BCUT2D eigenvalue weighted by molar-refractivity contribution is 7.09. The molecule has 1 N–H and O–H groups in total. The van der Waals surface area contributed by atoms with E-state index in [1.165, 1.54) is 11.1 Å². The van der Waals surface area contributed by atoms with Crippen molar-refractivity contribution in [3.05, 3.63) is 81.8 Å². The van der Waals surface area contributed by atoms with Gasteiger partial charge in [0.2, 0.25) is 0 Å². The number of aryl methyl sites for hydroxylation is 1. The van der Waals surface area contributed by atoms with E-state index in [1.54, 1.807) is 11.3 Å². The van der Waals surface area contributed by atoms with Gasteiger partial charge in [-0.05, 0) is 37.2 Å². The van der Waals surface area contributed by atoms with Crippen molar-refractivity contribution in [2.24, 2.45) is 0 Å². The maximum absolute atomic E-state index is 5.88. The predicted molar refractivity (Wildman–Crippen MR) is 128 cm³/mol. The van der Waals surface area contributed by atoms with Gasteiger partial charge >= 0.3 is 0 Å². The second-order valence-corrected chi connectivity index (χ2v) is 9.30. The minimum absolute atomic E-state index is 0.313. The molecule has 0 radical (unpaired) electrons. The van der Waals surface area contributed by atoms with Gasteiger partial charge in [-0.1, -0.05) is 42.5 Å². The van der Waals surface area contributed by atoms with Gasteiger partial charge in [-0.3, -0.25) is 4.90 Å². The monoisotopic (exact) mass is 436 g/mol. The first-order valence-electron chi connectivity index (χ1n) is 11.0. The number of piperazine rings is 1. The van der Waals surface area contributed by atoms with Gasteiger partial charge in [0.15, 0.2) is 0 Å². The Bertz CT molecular complexity index is 920. The maximum Gasteiger partial charge on any atom is 0.131 e. The van der Waals surface area contributed by atoms with E-state index in [4.69, 9.17) is 4.74 Å². The van der Waals surface area contributed by atoms with Crippen molar-refractivity contribution in [3.63, 3.8) is 0 Å². The predicted octanol–water partition coefficient (Wildman–Crippen LogP) is 4.11. The fraction of sp³-hybridized carbons (Fsp3) is 0.400. The Morgan fingerprint density at radius 3 is 2.45 bits per heavy atom. The topological polar surface area (TPSA) is 40.6 Å². The number of thiazole rings is 1. The highest BCUT2D eigenvalue weighted by Gasteiger charge is 2.19. The summed E-state index contributed by atoms with van der Waals surface area (Å²) in [6, 6.07) is 19.5. The molecule has 5 nitrogen and oxygen atoms in total. The number of nitrogens with one attached hydrogen (secondary N) is 1. The second-order valence-electron chi connectivity index (χ2n) is 8.24. The van der Waals surface area contributed by atoms with E-state index in [2.05, 4.69) is 75.0 Å². The lowest BCUT2D eigenvalue weighted by Crippen LogP contribution is -2.47. The van der Waals surface area contributed by atoms with Crippen molar-refractivity contribution in [2.45, 2.75) is 26.1 Å². The summed E-state index contributed by atoms with van der Waals surface area (Å²) in [6.45, 7) is 8.95. The first kappa shape index (κ1) is 22.0. The fourth-order valence-corrected chi connectivity index (χ4v) is 4.44. The molecule has 1 aliphatic heterocycles. The van der Waals surface area contributed by atoms with E-state index in [9.17, 15) is 0 Å². The number of nitrogens with zero attached hydrogens (tertiary/aromatic N) is 3. The normalized spacial score (nSPS) is 16.3. The minimum Gasteiger partial charge on any atom is -0.487 e. The summed E-state index contributed by atoms with van der Waals surface area (Å²) in [7, 11) is 2.20. The molecular formula is C25H32N4OS. The Hall–Kier alpha value is -2.25. The second kappa shape index (κ2) is 10.9. The average Bonchev–Trinajstić information content (AvgIpc) is 3.23. The molecule has 164 valence electrons. The van der Waals surface area contributed by atoms with E-state index in [-0.39, 0.29) is 0 Å². The Labute approximate surface area is 189 Å². The van der Waals surface area contributed by atoms with Crippen LogP contribution in [0.25, 0.3) is 0 Å². The van der Waals surface area contributed by atoms with Gasteiger partial charge in [0.25, 0.3) is 0 Å². The van der Waals surface area contributed by atoms with Crippen LogP contribution in [-0.4, -0.2) is 54.6 Å². The molecule has 3 aromatic rings. The molecule has 0 amide bonds. The molecule has 1 aliphatic rings. The Balaban J connectivity index is 1.32. The van der Waals surface area contributed by atoms with Crippen LogP contribution >= 0.6 is 11.3 Å². The number of rotatable bonds is 9. The summed E-state index contributed by atoms with van der Waals surface area (Å²) in [5, 5.41) is 6.91. The standard InChI is InChI=1S/C25H32N4OS/c1-20-27-23(19-31-20)18-30-24-10-8-21(9-11-24)16-26-25(22-6-4-3-5-7-22)17-29-14-12-28(2)13-15-29/h3-11,19,25-26H,12-18H2,1-2H3. The molecule has 1 aromatic heterocycles. The lowest BCUT2D eigenvalue weighted by atomic mass is 10.1. The van der Waals surface area contributed by atoms with Crippen LogP contribution in [0.2, 0.25) is 0 Å². The first-order valence-corrected chi connectivity index (χ1v) is 11.9. The third-order valence-corrected chi connectivity index (χ3v) is 6.59. The SMILES string of the molecule is Cc1nc(COc2ccc(CNC(CN3CCN(C)CC3)c3ccccc3)cc2)cs1. The molecule has 31 heavy (non-hydrogen) atoms. The third-order valence-electron chi connectivity index (χ3n) is 5.77. The summed E-state index contributed by atoms with van der Waals surface area (Å²) in [5.74, 6) is 0.881. The molecule has 0 aliphatic carbocycles. The summed E-state index contributed by atoms with van der Waals surface area (Å²) in [6.07, 6.45) is 0. The highest BCUT2D eigenvalue weighted by Crippen LogP contribution is 2.19. The van der Waals surface area contributed by atoms with Crippen LogP contribution in [0.1, 0.15) is 27.9 Å². The molecule has 0 bridgehead atoms. The Morgan fingerprint density at radius 1 is 1.03 bits per heavy atom. The molecule has 0 saturated carbocycles. The van der Waals surface area contributed by atoms with Crippen LogP contribution in [0.5, 0.6) is 5.75 Å². The maximum atomic E-state index is 5.88. The number of benzene rings is 2. The molecule has 1 unspecified atom stereocenters. The molecule has 4 rings (SSSR count). The number of hydrogen-bond acceptors (Lipinski definition) is 6. The van der Waals surface area contributed by atoms with E-state index in [0.29, 0.717) is 12.6 Å². The minimum atomic E-state index is 0.313. The number of hydrogen-bond donors (Lipinski definition) is 1. The summed E-state index contributed by atoms with van der Waals surface area (Å²) < 4.78 is 5.88. The first-order chi connectivity index (χ1) is 15.2. The molecule has 0 spiro atoms. The van der Waals surface area contributed by atoms with Gasteiger partial charge in [-0.25, -0.2) is 4.98 Å². The third kappa shape index (κ3) is 6.61. The number of aromatic nitrogens is 1. The Morgan fingerprint density at radius 2 is 1.77 bits per heavy atom. The quantitative estimate of drug-likeness (QED) is 0.547. The van der Waals surface area contributed by atoms with Gasteiger partial charge in [0.1, 0.15) is 12.4 Å². The lowest BCUT2D eigenvalue weighted by molar-refractivity contribution is 0.142. The van der Waals surface area contributed by atoms with Gasteiger partial charge in [-0.15, -0.1) is 11.3 Å². The zero-order valence-corrected chi connectivity index (χ0v) is 19.3. The van der Waals surface area contributed by atoms with Crippen LogP contribution in [0, 0.1) is 6.92 Å². The fourth-order valence-electron chi connectivity index (χ4n) is 3.84. The largest absolute Gasteiger partial charge is 0.487 e. The molecule has 1 atom stereocenters. The van der Waals surface area contributed by atoms with Crippen molar-refractivity contribution in [2.75, 3.05) is 39.8 Å². The molecule has 2 aromatic carbocycles. The molecule has 2 heterocycles. The van der Waals surface area contributed by atoms with E-state index >= 15 is 0 Å². The number of ether oxygens (including phenoxy) is 1. The van der Waals surface area contributed by atoms with Gasteiger partial charge < -0.3 is 15.0 Å². The highest BCUT2D eigenvalue weighted by atomic mass is 32.1. The van der Waals surface area contributed by atoms with Crippen molar-refractivity contribution in [3.8, 4) is 5.75 Å². The average molecular weight is 437 g/mol. The van der Waals surface area contributed by atoms with Gasteiger partial charge in [0, 0.05) is 50.7 Å². The van der Waals surface area contributed by atoms with Crippen molar-refractivity contribution in [1.29, 1.82) is 0 Å². The van der Waals surface area contributed by atoms with Crippen molar-refractivity contribution >= 4 is 11.3 Å². The van der Waals surface area contributed by atoms with Gasteiger partial charge in [0.05, 0.1) is 10.7 Å². The van der Waals surface area contributed by atoms with Crippen LogP contribution in [0.3, 0.4) is 0 Å². The Kier molecular flexibility index (Phi) is 7.70. The van der Waals surface area contributed by atoms with Crippen LogP contribution in [0.4, 0.5) is 0 Å². The van der Waals surface area contributed by atoms with Crippen LogP contribution in [-0.2, 0) is 13.2 Å². The van der Waals surface area contributed by atoms with Crippen molar-refractivity contribution < 1.29 is 4.74 Å². The summed E-state index contributed by atoms with van der Waals surface area (Å²) >= 11 is 1.66. The number of likely N-dealkylation sites (N-methyl/N-ethyl adjacent to an activating group) is 1. The summed E-state index contributed by atoms with van der Waals surface area (Å²) in [4.78, 5) is 9.42.